The number of benzene rings is 1. The Morgan fingerprint density at radius 2 is 1.46 bits per heavy atom. The predicted molar refractivity (Wildman–Crippen MR) is 79.2 cm³/mol. The minimum absolute atomic E-state index is 0.0807. The number of carbonyl (C=O) groups excluding carboxylic acids is 2. The summed E-state index contributed by atoms with van der Waals surface area (Å²) in [7, 11) is 1.05. The van der Waals surface area contributed by atoms with Gasteiger partial charge in [0.05, 0.1) is 18.2 Å². The van der Waals surface area contributed by atoms with Crippen LogP contribution in [-0.2, 0) is 21.9 Å². The van der Waals surface area contributed by atoms with Crippen LogP contribution >= 0.6 is 0 Å². The Kier molecular flexibility index (Phi) is 6.67. The predicted octanol–water partition coefficient (Wildman–Crippen LogP) is 4.04. The maximum absolute atomic E-state index is 12.8. The molecule has 146 valence electrons. The maximum Gasteiger partial charge on any atom is 0.416 e. The minimum atomic E-state index is -5.07. The average molecular weight is 385 g/mol. The van der Waals surface area contributed by atoms with E-state index in [4.69, 9.17) is 0 Å². The van der Waals surface area contributed by atoms with E-state index in [2.05, 4.69) is 10.1 Å². The lowest BCUT2D eigenvalue weighted by Gasteiger charge is -2.19. The Hall–Kier alpha value is -2.26. The van der Waals surface area contributed by atoms with Gasteiger partial charge in [0.1, 0.15) is 6.04 Å². The van der Waals surface area contributed by atoms with Crippen LogP contribution in [0.25, 0.3) is 0 Å². The van der Waals surface area contributed by atoms with Crippen molar-refractivity contribution in [3.05, 3.63) is 34.9 Å². The highest BCUT2D eigenvalue weighted by molar-refractivity contribution is 5.97. The summed E-state index contributed by atoms with van der Waals surface area (Å²) in [6.07, 6.45) is -10.0. The average Bonchev–Trinajstić information content (AvgIpc) is 2.50. The number of methoxy groups -OCH3 is 1. The molecule has 0 spiro atoms. The molecule has 10 heteroatoms. The van der Waals surface area contributed by atoms with E-state index in [1.54, 1.807) is 13.8 Å². The van der Waals surface area contributed by atoms with E-state index in [1.165, 1.54) is 0 Å². The SMILES string of the molecule is COC(=O)[C@H](CC(C)C)NC(=O)c1cc(C(F)(F)F)cc(C(F)(F)F)c1. The van der Waals surface area contributed by atoms with Crippen molar-refractivity contribution >= 4 is 11.9 Å². The zero-order valence-electron chi connectivity index (χ0n) is 14.1. The van der Waals surface area contributed by atoms with Gasteiger partial charge in [0.15, 0.2) is 0 Å². The molecular weight excluding hydrogens is 368 g/mol. The van der Waals surface area contributed by atoms with Gasteiger partial charge in [-0.05, 0) is 30.5 Å². The summed E-state index contributed by atoms with van der Waals surface area (Å²) in [5.74, 6) is -2.18. The number of ether oxygens (including phenoxy) is 1. The third kappa shape index (κ3) is 5.92. The van der Waals surface area contributed by atoms with Gasteiger partial charge in [-0.1, -0.05) is 13.8 Å². The third-order valence-electron chi connectivity index (χ3n) is 3.35. The number of hydrogen-bond donors (Lipinski definition) is 1. The Morgan fingerprint density at radius 3 is 1.81 bits per heavy atom. The number of rotatable bonds is 5. The smallest absolute Gasteiger partial charge is 0.416 e. The number of carbonyl (C=O) groups is 2. The summed E-state index contributed by atoms with van der Waals surface area (Å²) < 4.78 is 81.6. The number of alkyl halides is 6. The van der Waals surface area contributed by atoms with E-state index in [0.717, 1.165) is 7.11 Å². The Morgan fingerprint density at radius 1 is 1.00 bits per heavy atom. The van der Waals surface area contributed by atoms with Crippen LogP contribution in [0.1, 0.15) is 41.8 Å². The van der Waals surface area contributed by atoms with Gasteiger partial charge in [0, 0.05) is 5.56 Å². The summed E-state index contributed by atoms with van der Waals surface area (Å²) in [5, 5.41) is 2.12. The molecule has 0 saturated carbocycles. The summed E-state index contributed by atoms with van der Waals surface area (Å²) in [6.45, 7) is 3.43. The summed E-state index contributed by atoms with van der Waals surface area (Å²) >= 11 is 0. The van der Waals surface area contributed by atoms with Gasteiger partial charge in [-0.25, -0.2) is 4.79 Å². The first-order valence-corrected chi connectivity index (χ1v) is 7.44. The first kappa shape index (κ1) is 21.8. The van der Waals surface area contributed by atoms with Crippen LogP contribution in [0.4, 0.5) is 26.3 Å². The van der Waals surface area contributed by atoms with E-state index >= 15 is 0 Å². The molecule has 0 aliphatic carbocycles. The molecule has 1 amide bonds. The van der Waals surface area contributed by atoms with Crippen LogP contribution in [0.3, 0.4) is 0 Å². The summed E-state index contributed by atoms with van der Waals surface area (Å²) in [5.41, 5.74) is -4.09. The van der Waals surface area contributed by atoms with Crippen LogP contribution in [0.5, 0.6) is 0 Å². The molecule has 0 unspecified atom stereocenters. The molecule has 0 bridgehead atoms. The number of esters is 1. The Bertz CT molecular complexity index is 635. The molecule has 1 N–H and O–H groups in total. The van der Waals surface area contributed by atoms with Crippen LogP contribution in [0.15, 0.2) is 18.2 Å². The molecule has 0 fully saturated rings. The largest absolute Gasteiger partial charge is 0.467 e. The van der Waals surface area contributed by atoms with Gasteiger partial charge in [0.25, 0.3) is 5.91 Å². The normalized spacial score (nSPS) is 13.5. The van der Waals surface area contributed by atoms with Crippen molar-refractivity contribution in [2.24, 2.45) is 5.92 Å². The van der Waals surface area contributed by atoms with Crippen molar-refractivity contribution in [2.45, 2.75) is 38.7 Å². The number of halogens is 6. The molecule has 0 saturated heterocycles. The van der Waals surface area contributed by atoms with E-state index in [9.17, 15) is 35.9 Å². The van der Waals surface area contributed by atoms with Crippen LogP contribution in [0, 0.1) is 5.92 Å². The molecule has 26 heavy (non-hydrogen) atoms. The van der Waals surface area contributed by atoms with Crippen LogP contribution in [0.2, 0.25) is 0 Å². The highest BCUT2D eigenvalue weighted by atomic mass is 19.4. The Balaban J connectivity index is 3.27. The van der Waals surface area contributed by atoms with Crippen molar-refractivity contribution in [3.8, 4) is 0 Å². The van der Waals surface area contributed by atoms with Gasteiger partial charge in [-0.2, -0.15) is 26.3 Å². The van der Waals surface area contributed by atoms with Crippen molar-refractivity contribution in [3.63, 3.8) is 0 Å². The number of hydrogen-bond acceptors (Lipinski definition) is 3. The first-order valence-electron chi connectivity index (χ1n) is 7.44. The second-order valence-electron chi connectivity index (χ2n) is 5.97. The number of nitrogens with one attached hydrogen (secondary N) is 1. The zero-order valence-corrected chi connectivity index (χ0v) is 14.1. The summed E-state index contributed by atoms with van der Waals surface area (Å²) in [4.78, 5) is 23.8. The molecule has 0 aliphatic rings. The lowest BCUT2D eigenvalue weighted by molar-refractivity contribution is -0.144. The number of amides is 1. The molecule has 0 aliphatic heterocycles. The van der Waals surface area contributed by atoms with Gasteiger partial charge in [0.2, 0.25) is 0 Å². The fraction of sp³-hybridized carbons (Fsp3) is 0.500. The highest BCUT2D eigenvalue weighted by Crippen LogP contribution is 2.36. The molecule has 1 rings (SSSR count). The van der Waals surface area contributed by atoms with Gasteiger partial charge in [-0.3, -0.25) is 4.79 Å². The van der Waals surface area contributed by atoms with Crippen LogP contribution in [-0.4, -0.2) is 25.0 Å². The summed E-state index contributed by atoms with van der Waals surface area (Å²) in [6, 6.07) is -0.679. The van der Waals surface area contributed by atoms with Crippen molar-refractivity contribution in [1.29, 1.82) is 0 Å². The zero-order chi connectivity index (χ0) is 20.3. The van der Waals surface area contributed by atoms with Gasteiger partial charge < -0.3 is 10.1 Å². The van der Waals surface area contributed by atoms with E-state index in [-0.39, 0.29) is 18.4 Å². The minimum Gasteiger partial charge on any atom is -0.467 e. The Labute approximate surface area is 145 Å². The molecular formula is C16H17F6NO3. The topological polar surface area (TPSA) is 55.4 Å². The highest BCUT2D eigenvalue weighted by Gasteiger charge is 2.37. The van der Waals surface area contributed by atoms with Gasteiger partial charge >= 0.3 is 18.3 Å². The maximum atomic E-state index is 12.8. The molecule has 0 heterocycles. The fourth-order valence-electron chi connectivity index (χ4n) is 2.16. The van der Waals surface area contributed by atoms with E-state index in [0.29, 0.717) is 12.1 Å². The molecule has 1 aromatic rings. The van der Waals surface area contributed by atoms with Gasteiger partial charge in [-0.15, -0.1) is 0 Å². The first-order chi connectivity index (χ1) is 11.8. The lowest BCUT2D eigenvalue weighted by Crippen LogP contribution is -2.42. The second-order valence-corrected chi connectivity index (χ2v) is 5.97. The molecule has 4 nitrogen and oxygen atoms in total. The van der Waals surface area contributed by atoms with Crippen molar-refractivity contribution < 1.29 is 40.7 Å². The van der Waals surface area contributed by atoms with Crippen molar-refractivity contribution in [1.82, 2.24) is 5.32 Å². The second kappa shape index (κ2) is 7.96. The molecule has 0 radical (unpaired) electrons. The third-order valence-corrected chi connectivity index (χ3v) is 3.35. The van der Waals surface area contributed by atoms with E-state index in [1.807, 2.05) is 0 Å². The quantitative estimate of drug-likeness (QED) is 0.615. The fourth-order valence-corrected chi connectivity index (χ4v) is 2.16. The van der Waals surface area contributed by atoms with Crippen molar-refractivity contribution in [2.75, 3.05) is 7.11 Å². The lowest BCUT2D eigenvalue weighted by atomic mass is 10.0. The standard InChI is InChI=1S/C16H17F6NO3/c1-8(2)4-12(14(25)26-3)23-13(24)9-5-10(15(17,18)19)7-11(6-9)16(20,21)22/h5-8,12H,4H2,1-3H3,(H,23,24)/t12-/m0/s1. The monoisotopic (exact) mass is 385 g/mol. The molecule has 1 atom stereocenters. The van der Waals surface area contributed by atoms with E-state index < -0.39 is 47.0 Å². The molecule has 0 aromatic heterocycles. The van der Waals surface area contributed by atoms with Crippen LogP contribution < -0.4 is 5.32 Å². The molecule has 1 aromatic carbocycles.